The number of nitriles is 1. The Hall–Kier alpha value is -2.05. The third kappa shape index (κ3) is 1.94. The highest BCUT2D eigenvalue weighted by Gasteiger charge is 2.27. The quantitative estimate of drug-likeness (QED) is 0.847. The van der Waals surface area contributed by atoms with Crippen molar-refractivity contribution < 1.29 is 0 Å². The summed E-state index contributed by atoms with van der Waals surface area (Å²) in [5.74, 6) is 0.509. The van der Waals surface area contributed by atoms with E-state index in [2.05, 4.69) is 24.0 Å². The Kier molecular flexibility index (Phi) is 2.88. The molecule has 2 atom stereocenters. The molecule has 0 amide bonds. The molecule has 19 heavy (non-hydrogen) atoms. The van der Waals surface area contributed by atoms with Crippen LogP contribution in [0.2, 0.25) is 0 Å². The summed E-state index contributed by atoms with van der Waals surface area (Å²) in [4.78, 5) is 2.33. The number of hydrogen-bond acceptors (Lipinski definition) is 3. The van der Waals surface area contributed by atoms with Crippen LogP contribution in [0.25, 0.3) is 10.8 Å². The molecule has 2 unspecified atom stereocenters. The molecule has 0 bridgehead atoms. The third-order valence-electron chi connectivity index (χ3n) is 4.03. The predicted octanol–water partition coefficient (Wildman–Crippen LogP) is 2.49. The van der Waals surface area contributed by atoms with Crippen molar-refractivity contribution in [1.29, 1.82) is 5.26 Å². The van der Waals surface area contributed by atoms with Gasteiger partial charge in [0.15, 0.2) is 0 Å². The van der Waals surface area contributed by atoms with Crippen molar-refractivity contribution in [2.75, 3.05) is 18.0 Å². The van der Waals surface area contributed by atoms with Crippen molar-refractivity contribution in [2.45, 2.75) is 13.0 Å². The summed E-state index contributed by atoms with van der Waals surface area (Å²) in [5, 5.41) is 11.4. The van der Waals surface area contributed by atoms with Gasteiger partial charge in [-0.05, 0) is 18.1 Å². The van der Waals surface area contributed by atoms with Gasteiger partial charge in [-0.15, -0.1) is 0 Å². The molecule has 2 aromatic carbocycles. The van der Waals surface area contributed by atoms with Crippen LogP contribution in [0.5, 0.6) is 0 Å². The Morgan fingerprint density at radius 1 is 1.16 bits per heavy atom. The molecule has 1 aliphatic heterocycles. The Labute approximate surface area is 113 Å². The van der Waals surface area contributed by atoms with E-state index in [1.54, 1.807) is 0 Å². The van der Waals surface area contributed by atoms with Gasteiger partial charge in [0.1, 0.15) is 0 Å². The molecule has 1 heterocycles. The SMILES string of the molecule is CC1CN(c2ccc(C#N)c3ccccc23)CC1N. The van der Waals surface area contributed by atoms with Crippen LogP contribution in [0.15, 0.2) is 36.4 Å². The number of hydrogen-bond donors (Lipinski definition) is 1. The molecule has 2 N–H and O–H groups in total. The van der Waals surface area contributed by atoms with E-state index < -0.39 is 0 Å². The number of fused-ring (bicyclic) bond motifs is 1. The zero-order valence-electron chi connectivity index (χ0n) is 11.0. The van der Waals surface area contributed by atoms with Crippen LogP contribution >= 0.6 is 0 Å². The lowest BCUT2D eigenvalue weighted by Crippen LogP contribution is -2.28. The van der Waals surface area contributed by atoms with E-state index >= 15 is 0 Å². The van der Waals surface area contributed by atoms with Crippen molar-refractivity contribution in [3.8, 4) is 6.07 Å². The fourth-order valence-corrected chi connectivity index (χ4v) is 2.85. The smallest absolute Gasteiger partial charge is 0.0998 e. The molecule has 96 valence electrons. The van der Waals surface area contributed by atoms with Gasteiger partial charge in [-0.25, -0.2) is 0 Å². The Balaban J connectivity index is 2.13. The number of nitrogens with zero attached hydrogens (tertiary/aromatic N) is 2. The molecule has 0 aromatic heterocycles. The van der Waals surface area contributed by atoms with Crippen LogP contribution in [0, 0.1) is 17.2 Å². The van der Waals surface area contributed by atoms with Crippen LogP contribution in [0.1, 0.15) is 12.5 Å². The van der Waals surface area contributed by atoms with Gasteiger partial charge in [0.2, 0.25) is 0 Å². The summed E-state index contributed by atoms with van der Waals surface area (Å²) in [7, 11) is 0. The molecule has 2 aromatic rings. The van der Waals surface area contributed by atoms with E-state index in [1.165, 1.54) is 5.69 Å². The van der Waals surface area contributed by atoms with Gasteiger partial charge < -0.3 is 10.6 Å². The van der Waals surface area contributed by atoms with E-state index in [1.807, 2.05) is 30.3 Å². The van der Waals surface area contributed by atoms with Crippen molar-refractivity contribution >= 4 is 16.5 Å². The summed E-state index contributed by atoms with van der Waals surface area (Å²) >= 11 is 0. The third-order valence-corrected chi connectivity index (χ3v) is 4.03. The maximum absolute atomic E-state index is 9.19. The lowest BCUT2D eigenvalue weighted by Gasteiger charge is -2.20. The Morgan fingerprint density at radius 3 is 2.53 bits per heavy atom. The topological polar surface area (TPSA) is 53.0 Å². The van der Waals surface area contributed by atoms with Gasteiger partial charge in [-0.3, -0.25) is 0 Å². The van der Waals surface area contributed by atoms with Gasteiger partial charge in [0.05, 0.1) is 11.6 Å². The second-order valence-corrected chi connectivity index (χ2v) is 5.34. The summed E-state index contributed by atoms with van der Waals surface area (Å²) in [6.07, 6.45) is 0. The standard InChI is InChI=1S/C16H17N3/c1-11-9-19(10-15(11)18)16-7-6-12(8-17)13-4-2-3-5-14(13)16/h2-7,11,15H,9-10,18H2,1H3. The molecule has 0 aliphatic carbocycles. The van der Waals surface area contributed by atoms with Crippen molar-refractivity contribution in [3.63, 3.8) is 0 Å². The molecular weight excluding hydrogens is 234 g/mol. The van der Waals surface area contributed by atoms with Gasteiger partial charge >= 0.3 is 0 Å². The Bertz CT molecular complexity index is 647. The first-order chi connectivity index (χ1) is 9.20. The van der Waals surface area contributed by atoms with E-state index in [-0.39, 0.29) is 6.04 Å². The number of nitrogens with two attached hydrogens (primary N) is 1. The molecule has 3 heteroatoms. The van der Waals surface area contributed by atoms with E-state index in [0.717, 1.165) is 29.4 Å². The average Bonchev–Trinajstić information content (AvgIpc) is 2.77. The van der Waals surface area contributed by atoms with E-state index in [0.29, 0.717) is 5.92 Å². The average molecular weight is 251 g/mol. The maximum Gasteiger partial charge on any atom is 0.0998 e. The zero-order chi connectivity index (χ0) is 13.4. The van der Waals surface area contributed by atoms with Gasteiger partial charge in [0.25, 0.3) is 0 Å². The van der Waals surface area contributed by atoms with Crippen LogP contribution < -0.4 is 10.6 Å². The van der Waals surface area contributed by atoms with E-state index in [4.69, 9.17) is 5.73 Å². The normalized spacial score (nSPS) is 22.7. The van der Waals surface area contributed by atoms with Crippen molar-refractivity contribution in [1.82, 2.24) is 0 Å². The highest BCUT2D eigenvalue weighted by Crippen LogP contribution is 2.32. The van der Waals surface area contributed by atoms with Gasteiger partial charge in [-0.2, -0.15) is 5.26 Å². The van der Waals surface area contributed by atoms with Crippen molar-refractivity contribution in [2.24, 2.45) is 11.7 Å². The lowest BCUT2D eigenvalue weighted by molar-refractivity contribution is 0.566. The molecule has 0 saturated carbocycles. The molecule has 0 radical (unpaired) electrons. The number of anilines is 1. The molecular formula is C16H17N3. The fraction of sp³-hybridized carbons (Fsp3) is 0.312. The number of rotatable bonds is 1. The first kappa shape index (κ1) is 12.0. The summed E-state index contributed by atoms with van der Waals surface area (Å²) in [5.41, 5.74) is 8.03. The molecule has 3 nitrogen and oxygen atoms in total. The van der Waals surface area contributed by atoms with Gasteiger partial charge in [-0.1, -0.05) is 31.2 Å². The molecule has 1 saturated heterocycles. The summed E-state index contributed by atoms with van der Waals surface area (Å²) < 4.78 is 0. The van der Waals surface area contributed by atoms with Crippen molar-refractivity contribution in [3.05, 3.63) is 42.0 Å². The minimum Gasteiger partial charge on any atom is -0.369 e. The second-order valence-electron chi connectivity index (χ2n) is 5.34. The summed E-state index contributed by atoms with van der Waals surface area (Å²) in [6.45, 7) is 4.06. The molecule has 1 aliphatic rings. The molecule has 0 spiro atoms. The first-order valence-electron chi connectivity index (χ1n) is 6.63. The zero-order valence-corrected chi connectivity index (χ0v) is 11.0. The largest absolute Gasteiger partial charge is 0.369 e. The van der Waals surface area contributed by atoms with E-state index in [9.17, 15) is 5.26 Å². The van der Waals surface area contributed by atoms with Crippen LogP contribution in [0.4, 0.5) is 5.69 Å². The van der Waals surface area contributed by atoms with Crippen LogP contribution in [0.3, 0.4) is 0 Å². The molecule has 3 rings (SSSR count). The minimum absolute atomic E-state index is 0.231. The van der Waals surface area contributed by atoms with Crippen LogP contribution in [-0.4, -0.2) is 19.1 Å². The highest BCUT2D eigenvalue weighted by atomic mass is 15.2. The Morgan fingerprint density at radius 2 is 1.89 bits per heavy atom. The molecule has 1 fully saturated rings. The fourth-order valence-electron chi connectivity index (χ4n) is 2.85. The number of benzene rings is 2. The summed E-state index contributed by atoms with van der Waals surface area (Å²) in [6, 6.07) is 14.5. The highest BCUT2D eigenvalue weighted by molar-refractivity contribution is 5.97. The van der Waals surface area contributed by atoms with Crippen LogP contribution in [-0.2, 0) is 0 Å². The maximum atomic E-state index is 9.19. The van der Waals surface area contributed by atoms with Gasteiger partial charge in [0, 0.05) is 35.6 Å². The lowest BCUT2D eigenvalue weighted by atomic mass is 10.0. The minimum atomic E-state index is 0.231. The predicted molar refractivity (Wildman–Crippen MR) is 78.0 cm³/mol. The second kappa shape index (κ2) is 4.56. The monoisotopic (exact) mass is 251 g/mol. The first-order valence-corrected chi connectivity index (χ1v) is 6.63.